The number of carbonyl (C=O) groups is 1. The Balaban J connectivity index is 1.45. The third-order valence-corrected chi connectivity index (χ3v) is 6.94. The molecule has 0 spiro atoms. The Kier molecular flexibility index (Phi) is 5.56. The van der Waals surface area contributed by atoms with Crippen LogP contribution < -0.4 is 15.9 Å². The van der Waals surface area contributed by atoms with Gasteiger partial charge in [-0.2, -0.15) is 5.10 Å². The Morgan fingerprint density at radius 2 is 1.74 bits per heavy atom. The normalized spacial score (nSPS) is 17.4. The van der Waals surface area contributed by atoms with Crippen molar-refractivity contribution in [1.82, 2.24) is 10.3 Å². The maximum atomic E-state index is 13.8. The largest absolute Gasteiger partial charge is 0.497 e. The summed E-state index contributed by atoms with van der Waals surface area (Å²) in [6, 6.07) is 22.4. The molecular formula is C28H23N5O5. The molecule has 6 rings (SSSR count). The van der Waals surface area contributed by atoms with Crippen molar-refractivity contribution in [3.8, 4) is 16.9 Å². The third-order valence-electron chi connectivity index (χ3n) is 6.94. The number of nitrogens with zero attached hydrogens (tertiary/aromatic N) is 3. The number of methoxy groups -OCH3 is 1. The summed E-state index contributed by atoms with van der Waals surface area (Å²) in [5.41, 5.74) is 13.7. The van der Waals surface area contributed by atoms with Gasteiger partial charge in [0.25, 0.3) is 11.8 Å². The van der Waals surface area contributed by atoms with E-state index in [0.717, 1.165) is 22.3 Å². The second-order valence-corrected chi connectivity index (χ2v) is 8.95. The highest BCUT2D eigenvalue weighted by Gasteiger charge is 2.48. The minimum Gasteiger partial charge on any atom is -0.497 e. The third kappa shape index (κ3) is 3.57. The van der Waals surface area contributed by atoms with Gasteiger partial charge in [0.15, 0.2) is 0 Å². The molecule has 3 aromatic rings. The van der Waals surface area contributed by atoms with Gasteiger partial charge in [-0.3, -0.25) is 19.8 Å². The van der Waals surface area contributed by atoms with Gasteiger partial charge in [0.05, 0.1) is 29.9 Å². The van der Waals surface area contributed by atoms with Gasteiger partial charge in [0.1, 0.15) is 24.1 Å². The summed E-state index contributed by atoms with van der Waals surface area (Å²) in [7, 11) is 1.50. The van der Waals surface area contributed by atoms with Gasteiger partial charge in [-0.25, -0.2) is 5.43 Å². The molecule has 0 radical (unpaired) electrons. The number of carbonyl (C=O) groups excluding carboxylic acids is 1. The molecule has 0 bridgehead atoms. The zero-order valence-electron chi connectivity index (χ0n) is 20.4. The van der Waals surface area contributed by atoms with Crippen LogP contribution in [0.25, 0.3) is 11.1 Å². The summed E-state index contributed by atoms with van der Waals surface area (Å²) >= 11 is 0. The SMILES string of the molecule is COc1cccc(C2C(C(=O)NN=C3c4ccccc4-c4ccccc43)=C(N)N3CCOC3=C2[N+](=O)[O-])c1. The highest BCUT2D eigenvalue weighted by atomic mass is 16.6. The number of nitrogens with one attached hydrogen (secondary N) is 1. The van der Waals surface area contributed by atoms with Gasteiger partial charge in [0.2, 0.25) is 0 Å². The van der Waals surface area contributed by atoms with E-state index in [-0.39, 0.29) is 36.1 Å². The molecular weight excluding hydrogens is 486 g/mol. The van der Waals surface area contributed by atoms with Crippen LogP contribution >= 0.6 is 0 Å². The maximum Gasteiger partial charge on any atom is 0.317 e. The fourth-order valence-corrected chi connectivity index (χ4v) is 5.27. The quantitative estimate of drug-likeness (QED) is 0.312. The lowest BCUT2D eigenvalue weighted by Gasteiger charge is -2.29. The summed E-state index contributed by atoms with van der Waals surface area (Å²) in [5.74, 6) is -1.13. The topological polar surface area (TPSA) is 132 Å². The van der Waals surface area contributed by atoms with Crippen LogP contribution in [0.4, 0.5) is 0 Å². The molecule has 2 aliphatic heterocycles. The predicted octanol–water partition coefficient (Wildman–Crippen LogP) is 3.29. The molecule has 1 saturated heterocycles. The molecule has 1 unspecified atom stereocenters. The first-order valence-electron chi connectivity index (χ1n) is 12.0. The van der Waals surface area contributed by atoms with Crippen LogP contribution in [0, 0.1) is 10.1 Å². The standard InChI is InChI=1S/C28H23N5O5/c1-37-17-8-6-7-16(15-17)22-23(26(29)32-13-14-38-28(32)25(22)33(35)36)27(34)31-30-24-20-11-4-2-9-18(20)19-10-3-5-12-21(19)24/h2-12,15,22H,13-14,29H2,1H3,(H,31,34). The molecule has 0 aromatic heterocycles. The van der Waals surface area contributed by atoms with Crippen LogP contribution in [0.1, 0.15) is 22.6 Å². The molecule has 1 amide bonds. The van der Waals surface area contributed by atoms with Crippen molar-refractivity contribution in [3.05, 3.63) is 123 Å². The number of amides is 1. The molecule has 0 saturated carbocycles. The minimum atomic E-state index is -1.10. The number of hydrogen-bond acceptors (Lipinski definition) is 8. The van der Waals surface area contributed by atoms with Gasteiger partial charge in [-0.05, 0) is 28.8 Å². The van der Waals surface area contributed by atoms with E-state index < -0.39 is 16.7 Å². The maximum absolute atomic E-state index is 13.8. The van der Waals surface area contributed by atoms with Crippen molar-refractivity contribution < 1.29 is 19.2 Å². The summed E-state index contributed by atoms with van der Waals surface area (Å²) in [6.45, 7) is 0.498. The van der Waals surface area contributed by atoms with E-state index in [0.29, 0.717) is 17.0 Å². The van der Waals surface area contributed by atoms with E-state index in [2.05, 4.69) is 10.5 Å². The Bertz CT molecular complexity index is 1540. The van der Waals surface area contributed by atoms with Crippen molar-refractivity contribution in [2.45, 2.75) is 5.92 Å². The zero-order valence-corrected chi connectivity index (χ0v) is 20.4. The number of allylic oxidation sites excluding steroid dienone is 1. The second-order valence-electron chi connectivity index (χ2n) is 8.95. The van der Waals surface area contributed by atoms with Crippen LogP contribution in [-0.4, -0.2) is 41.7 Å². The number of rotatable bonds is 5. The summed E-state index contributed by atoms with van der Waals surface area (Å²) in [6.07, 6.45) is 0. The van der Waals surface area contributed by atoms with E-state index >= 15 is 0 Å². The van der Waals surface area contributed by atoms with Gasteiger partial charge in [-0.1, -0.05) is 60.7 Å². The highest BCUT2D eigenvalue weighted by Crippen LogP contribution is 2.43. The molecule has 1 atom stereocenters. The summed E-state index contributed by atoms with van der Waals surface area (Å²) in [4.78, 5) is 27.1. The zero-order chi connectivity index (χ0) is 26.4. The fourth-order valence-electron chi connectivity index (χ4n) is 5.27. The lowest BCUT2D eigenvalue weighted by Crippen LogP contribution is -2.39. The number of nitro groups is 1. The van der Waals surface area contributed by atoms with Crippen LogP contribution in [-0.2, 0) is 9.53 Å². The van der Waals surface area contributed by atoms with Crippen molar-refractivity contribution in [2.75, 3.05) is 20.3 Å². The Labute approximate surface area is 217 Å². The fraction of sp³-hybridized carbons (Fsp3) is 0.143. The molecule has 190 valence electrons. The van der Waals surface area contributed by atoms with E-state index in [1.807, 2.05) is 48.5 Å². The van der Waals surface area contributed by atoms with E-state index in [9.17, 15) is 14.9 Å². The number of benzene rings is 3. The Morgan fingerprint density at radius 3 is 2.37 bits per heavy atom. The second kappa shape index (κ2) is 9.07. The molecule has 3 N–H and O–H groups in total. The Morgan fingerprint density at radius 1 is 1.08 bits per heavy atom. The van der Waals surface area contributed by atoms with Crippen molar-refractivity contribution in [2.24, 2.45) is 10.8 Å². The molecule has 3 aliphatic rings. The van der Waals surface area contributed by atoms with E-state index in [1.165, 1.54) is 12.0 Å². The van der Waals surface area contributed by atoms with Crippen molar-refractivity contribution >= 4 is 11.6 Å². The number of ether oxygens (including phenoxy) is 2. The van der Waals surface area contributed by atoms with Gasteiger partial charge in [-0.15, -0.1) is 0 Å². The molecule has 1 fully saturated rings. The number of hydrogen-bond donors (Lipinski definition) is 2. The van der Waals surface area contributed by atoms with Crippen LogP contribution in [0.3, 0.4) is 0 Å². The molecule has 10 heteroatoms. The van der Waals surface area contributed by atoms with Crippen LogP contribution in [0.15, 0.2) is 101 Å². The van der Waals surface area contributed by atoms with Crippen LogP contribution in [0.2, 0.25) is 0 Å². The first-order chi connectivity index (χ1) is 18.5. The van der Waals surface area contributed by atoms with E-state index in [1.54, 1.807) is 24.3 Å². The molecule has 10 nitrogen and oxygen atoms in total. The lowest BCUT2D eigenvalue weighted by atomic mass is 9.85. The lowest BCUT2D eigenvalue weighted by molar-refractivity contribution is -0.433. The predicted molar refractivity (Wildman–Crippen MR) is 139 cm³/mol. The van der Waals surface area contributed by atoms with Gasteiger partial charge < -0.3 is 15.2 Å². The highest BCUT2D eigenvalue weighted by molar-refractivity contribution is 6.24. The van der Waals surface area contributed by atoms with Crippen molar-refractivity contribution in [3.63, 3.8) is 0 Å². The van der Waals surface area contributed by atoms with Gasteiger partial charge >= 0.3 is 5.70 Å². The smallest absolute Gasteiger partial charge is 0.317 e. The number of hydrazone groups is 1. The van der Waals surface area contributed by atoms with Crippen molar-refractivity contribution in [1.29, 1.82) is 0 Å². The average molecular weight is 510 g/mol. The molecule has 3 aromatic carbocycles. The molecule has 2 heterocycles. The monoisotopic (exact) mass is 509 g/mol. The molecule has 1 aliphatic carbocycles. The van der Waals surface area contributed by atoms with Gasteiger partial charge in [0, 0.05) is 11.1 Å². The number of fused-ring (bicyclic) bond motifs is 4. The number of nitrogens with two attached hydrogens (primary N) is 1. The van der Waals surface area contributed by atoms with E-state index in [4.69, 9.17) is 15.2 Å². The molecule has 38 heavy (non-hydrogen) atoms. The average Bonchev–Trinajstić information content (AvgIpc) is 3.55. The summed E-state index contributed by atoms with van der Waals surface area (Å²) in [5, 5.41) is 16.8. The van der Waals surface area contributed by atoms with Crippen LogP contribution in [0.5, 0.6) is 5.75 Å². The first-order valence-corrected chi connectivity index (χ1v) is 12.0. The first kappa shape index (κ1) is 23.3. The minimum absolute atomic E-state index is 0.0168. The summed E-state index contributed by atoms with van der Waals surface area (Å²) < 4.78 is 11.0. The Hall–Kier alpha value is -5.12.